The van der Waals surface area contributed by atoms with E-state index >= 15 is 0 Å². The monoisotopic (exact) mass is 314 g/mol. The molecule has 1 aliphatic rings. The highest BCUT2D eigenvalue weighted by Gasteiger charge is 2.44. The van der Waals surface area contributed by atoms with Crippen LogP contribution in [0.2, 0.25) is 0 Å². The summed E-state index contributed by atoms with van der Waals surface area (Å²) >= 11 is 3.28. The number of aliphatic hydroxyl groups excluding tert-OH is 4. The second-order valence-electron chi connectivity index (χ2n) is 3.96. The van der Waals surface area contributed by atoms with Crippen LogP contribution < -0.4 is 0 Å². The van der Waals surface area contributed by atoms with Crippen LogP contribution in [0.5, 0.6) is 0 Å². The zero-order valence-corrected chi connectivity index (χ0v) is 11.0. The molecule has 0 aromatic carbocycles. The molecule has 0 aromatic rings. The molecule has 0 unspecified atom stereocenters. The summed E-state index contributed by atoms with van der Waals surface area (Å²) in [5.41, 5.74) is 0. The van der Waals surface area contributed by atoms with E-state index in [1.807, 2.05) is 0 Å². The van der Waals surface area contributed by atoms with E-state index < -0.39 is 37.3 Å². The van der Waals surface area contributed by atoms with Crippen molar-refractivity contribution in [1.82, 2.24) is 0 Å². The molecule has 1 heterocycles. The lowest BCUT2D eigenvalue weighted by Crippen LogP contribution is -2.59. The van der Waals surface area contributed by atoms with Crippen molar-refractivity contribution < 1.29 is 29.9 Å². The smallest absolute Gasteiger partial charge is 0.184 e. The Labute approximate surface area is 108 Å². The van der Waals surface area contributed by atoms with Crippen LogP contribution in [-0.4, -0.2) is 69.7 Å². The van der Waals surface area contributed by atoms with Gasteiger partial charge in [0, 0.05) is 11.9 Å². The number of ether oxygens (including phenoxy) is 2. The Morgan fingerprint density at radius 2 is 1.82 bits per heavy atom. The molecule has 0 aliphatic carbocycles. The minimum absolute atomic E-state index is 0.370. The van der Waals surface area contributed by atoms with Crippen molar-refractivity contribution in [3.63, 3.8) is 0 Å². The predicted octanol–water partition coefficient (Wildman–Crippen LogP) is -1.02. The van der Waals surface area contributed by atoms with Gasteiger partial charge in [-0.1, -0.05) is 15.9 Å². The molecule has 0 radical (unpaired) electrons. The van der Waals surface area contributed by atoms with Crippen molar-refractivity contribution in [1.29, 1.82) is 0 Å². The molecule has 7 heteroatoms. The molecular formula is C10H19BrO6. The zero-order valence-electron chi connectivity index (χ0n) is 9.41. The third-order valence-corrected chi connectivity index (χ3v) is 3.24. The average Bonchev–Trinajstić information content (AvgIpc) is 2.33. The first-order chi connectivity index (χ1) is 8.11. The van der Waals surface area contributed by atoms with Crippen LogP contribution >= 0.6 is 15.9 Å². The summed E-state index contributed by atoms with van der Waals surface area (Å²) in [5, 5.41) is 38.6. The van der Waals surface area contributed by atoms with Gasteiger partial charge in [0.2, 0.25) is 0 Å². The molecule has 0 spiro atoms. The Morgan fingerprint density at radius 1 is 1.12 bits per heavy atom. The molecule has 1 aliphatic heterocycles. The fourth-order valence-corrected chi connectivity index (χ4v) is 2.08. The largest absolute Gasteiger partial charge is 0.394 e. The topological polar surface area (TPSA) is 99.4 Å². The average molecular weight is 315 g/mol. The standard InChI is InChI=1S/C10H19BrO6/c11-3-1-2-4-16-9-7(13)6(5-12)17-10(15)8(9)14/h6-10,12-15H,1-5H2/t6-,7-,8-,9+,10+/m1/s1. The van der Waals surface area contributed by atoms with Crippen molar-refractivity contribution in [3.05, 3.63) is 0 Å². The molecule has 0 aromatic heterocycles. The van der Waals surface area contributed by atoms with Gasteiger partial charge in [-0.25, -0.2) is 0 Å². The second kappa shape index (κ2) is 7.63. The maximum absolute atomic E-state index is 9.78. The van der Waals surface area contributed by atoms with Gasteiger partial charge < -0.3 is 29.9 Å². The van der Waals surface area contributed by atoms with Gasteiger partial charge >= 0.3 is 0 Å². The third-order valence-electron chi connectivity index (χ3n) is 2.68. The van der Waals surface area contributed by atoms with Crippen molar-refractivity contribution in [3.8, 4) is 0 Å². The Balaban J connectivity index is 2.47. The maximum Gasteiger partial charge on any atom is 0.184 e. The van der Waals surface area contributed by atoms with Crippen LogP contribution in [0.25, 0.3) is 0 Å². The number of alkyl halides is 1. The first kappa shape index (κ1) is 15.3. The maximum atomic E-state index is 9.78. The number of unbranched alkanes of at least 4 members (excludes halogenated alkanes) is 1. The van der Waals surface area contributed by atoms with Gasteiger partial charge in [-0.15, -0.1) is 0 Å². The van der Waals surface area contributed by atoms with Gasteiger partial charge in [0.05, 0.1) is 6.61 Å². The third kappa shape index (κ3) is 4.13. The number of aliphatic hydroxyl groups is 4. The van der Waals surface area contributed by atoms with E-state index in [1.54, 1.807) is 0 Å². The summed E-state index contributed by atoms with van der Waals surface area (Å²) in [7, 11) is 0. The van der Waals surface area contributed by atoms with Gasteiger partial charge in [-0.2, -0.15) is 0 Å². The number of halogens is 1. The van der Waals surface area contributed by atoms with Crippen LogP contribution in [0.15, 0.2) is 0 Å². The molecule has 0 saturated carbocycles. The quantitative estimate of drug-likeness (QED) is 0.370. The highest BCUT2D eigenvalue weighted by Crippen LogP contribution is 2.22. The molecule has 0 amide bonds. The van der Waals surface area contributed by atoms with Crippen molar-refractivity contribution in [2.24, 2.45) is 0 Å². The normalized spacial score (nSPS) is 38.3. The molecule has 17 heavy (non-hydrogen) atoms. The van der Waals surface area contributed by atoms with Crippen LogP contribution in [0, 0.1) is 0 Å². The van der Waals surface area contributed by atoms with E-state index in [2.05, 4.69) is 15.9 Å². The molecule has 1 rings (SSSR count). The summed E-state index contributed by atoms with van der Waals surface area (Å²) < 4.78 is 10.2. The fourth-order valence-electron chi connectivity index (χ4n) is 1.68. The van der Waals surface area contributed by atoms with Crippen molar-refractivity contribution >= 4 is 15.9 Å². The van der Waals surface area contributed by atoms with Crippen LogP contribution in [0.3, 0.4) is 0 Å². The molecule has 4 N–H and O–H groups in total. The fraction of sp³-hybridized carbons (Fsp3) is 1.00. The minimum atomic E-state index is -1.45. The second-order valence-corrected chi connectivity index (χ2v) is 4.75. The van der Waals surface area contributed by atoms with Crippen molar-refractivity contribution in [2.45, 2.75) is 43.5 Å². The minimum Gasteiger partial charge on any atom is -0.394 e. The van der Waals surface area contributed by atoms with Gasteiger partial charge in [0.25, 0.3) is 0 Å². The highest BCUT2D eigenvalue weighted by atomic mass is 79.9. The van der Waals surface area contributed by atoms with Crippen LogP contribution in [0.1, 0.15) is 12.8 Å². The lowest BCUT2D eigenvalue weighted by molar-refractivity contribution is -0.294. The Bertz CT molecular complexity index is 217. The first-order valence-electron chi connectivity index (χ1n) is 5.60. The zero-order chi connectivity index (χ0) is 12.8. The van der Waals surface area contributed by atoms with Crippen LogP contribution in [0.4, 0.5) is 0 Å². The van der Waals surface area contributed by atoms with E-state index in [9.17, 15) is 15.3 Å². The lowest BCUT2D eigenvalue weighted by atomic mass is 9.99. The number of hydrogen-bond acceptors (Lipinski definition) is 6. The summed E-state index contributed by atoms with van der Waals surface area (Å²) in [4.78, 5) is 0. The van der Waals surface area contributed by atoms with Gasteiger partial charge in [0.15, 0.2) is 6.29 Å². The molecule has 1 fully saturated rings. The SMILES string of the molecule is OC[C@H]1O[C@H](O)[C@H](O)[C@@H](OCCCCBr)[C@@H]1O. The molecule has 5 atom stereocenters. The predicted molar refractivity (Wildman–Crippen MR) is 62.7 cm³/mol. The summed E-state index contributed by atoms with van der Waals surface area (Å²) in [5.74, 6) is 0. The number of rotatable bonds is 6. The van der Waals surface area contributed by atoms with Crippen molar-refractivity contribution in [2.75, 3.05) is 18.5 Å². The highest BCUT2D eigenvalue weighted by molar-refractivity contribution is 9.09. The summed E-state index contributed by atoms with van der Waals surface area (Å²) in [6, 6.07) is 0. The molecule has 0 bridgehead atoms. The van der Waals surface area contributed by atoms with Gasteiger partial charge in [0.1, 0.15) is 24.4 Å². The summed E-state index contributed by atoms with van der Waals surface area (Å²) in [6.45, 7) is -0.0680. The molecule has 102 valence electrons. The number of hydrogen-bond donors (Lipinski definition) is 4. The molecule has 1 saturated heterocycles. The van der Waals surface area contributed by atoms with E-state index in [1.165, 1.54) is 0 Å². The first-order valence-corrected chi connectivity index (χ1v) is 6.72. The Kier molecular flexibility index (Phi) is 6.86. The molecule has 6 nitrogen and oxygen atoms in total. The van der Waals surface area contributed by atoms with Gasteiger partial charge in [-0.05, 0) is 12.8 Å². The summed E-state index contributed by atoms with van der Waals surface area (Å²) in [6.07, 6.45) is -4.08. The van der Waals surface area contributed by atoms with E-state index in [4.69, 9.17) is 14.6 Å². The van der Waals surface area contributed by atoms with E-state index in [0.29, 0.717) is 6.61 Å². The lowest BCUT2D eigenvalue weighted by Gasteiger charge is -2.39. The molecular weight excluding hydrogens is 296 g/mol. The van der Waals surface area contributed by atoms with Crippen LogP contribution in [-0.2, 0) is 9.47 Å². The Morgan fingerprint density at radius 3 is 2.41 bits per heavy atom. The Hall–Kier alpha value is 0.240. The van der Waals surface area contributed by atoms with E-state index in [0.717, 1.165) is 18.2 Å². The van der Waals surface area contributed by atoms with Gasteiger partial charge in [-0.3, -0.25) is 0 Å². The van der Waals surface area contributed by atoms with E-state index in [-0.39, 0.29) is 0 Å².